The maximum atomic E-state index is 5.99. The van der Waals surface area contributed by atoms with Crippen LogP contribution in [0.5, 0.6) is 0 Å². The Bertz CT molecular complexity index is 473. The molecule has 0 atom stereocenters. The Kier molecular flexibility index (Phi) is 2.41. The molecule has 0 amide bonds. The maximum absolute atomic E-state index is 5.99. The summed E-state index contributed by atoms with van der Waals surface area (Å²) in [7, 11) is 0. The van der Waals surface area contributed by atoms with Crippen LogP contribution in [-0.2, 0) is 6.54 Å². The fraction of sp³-hybridized carbons (Fsp3) is 0.273. The molecule has 0 aliphatic carbocycles. The van der Waals surface area contributed by atoms with Crippen molar-refractivity contribution in [2.45, 2.75) is 20.4 Å². The fourth-order valence-electron chi connectivity index (χ4n) is 1.56. The number of nitrogens with zero attached hydrogens (tertiary/aromatic N) is 3. The van der Waals surface area contributed by atoms with Gasteiger partial charge in [-0.1, -0.05) is 0 Å². The van der Waals surface area contributed by atoms with Crippen molar-refractivity contribution in [3.63, 3.8) is 0 Å². The minimum Gasteiger partial charge on any atom is -0.383 e. The van der Waals surface area contributed by atoms with Crippen LogP contribution in [0, 0.1) is 6.92 Å². The van der Waals surface area contributed by atoms with E-state index in [0.717, 1.165) is 23.4 Å². The number of rotatable bonds is 2. The molecule has 2 rings (SSSR count). The molecule has 0 aliphatic rings. The first kappa shape index (κ1) is 9.71. The molecule has 0 bridgehead atoms. The van der Waals surface area contributed by atoms with E-state index in [-0.39, 0.29) is 0 Å². The lowest BCUT2D eigenvalue weighted by Crippen LogP contribution is -2.00. The minimum atomic E-state index is 0.702. The molecule has 2 heterocycles. The van der Waals surface area contributed by atoms with E-state index in [9.17, 15) is 0 Å². The molecule has 2 N–H and O–H groups in total. The van der Waals surface area contributed by atoms with Crippen molar-refractivity contribution in [2.24, 2.45) is 0 Å². The van der Waals surface area contributed by atoms with E-state index in [1.165, 1.54) is 0 Å². The van der Waals surface area contributed by atoms with E-state index < -0.39 is 0 Å². The smallest absolute Gasteiger partial charge is 0.131 e. The molecule has 4 nitrogen and oxygen atoms in total. The number of imidazole rings is 1. The normalized spacial score (nSPS) is 10.5. The lowest BCUT2D eigenvalue weighted by Gasteiger charge is -2.04. The van der Waals surface area contributed by atoms with Gasteiger partial charge in [0.25, 0.3) is 0 Å². The monoisotopic (exact) mass is 202 g/mol. The molecule has 78 valence electrons. The van der Waals surface area contributed by atoms with Gasteiger partial charge in [-0.25, -0.2) is 4.98 Å². The Balaban J connectivity index is 2.55. The van der Waals surface area contributed by atoms with E-state index in [1.54, 1.807) is 18.7 Å². The van der Waals surface area contributed by atoms with Gasteiger partial charge in [0.1, 0.15) is 11.5 Å². The molecule has 2 aromatic rings. The van der Waals surface area contributed by atoms with Crippen molar-refractivity contribution >= 4 is 5.82 Å². The van der Waals surface area contributed by atoms with Crippen molar-refractivity contribution in [3.8, 4) is 11.3 Å². The van der Waals surface area contributed by atoms with Crippen LogP contribution in [0.2, 0.25) is 0 Å². The summed E-state index contributed by atoms with van der Waals surface area (Å²) in [5.41, 5.74) is 8.95. The molecule has 0 saturated heterocycles. The minimum absolute atomic E-state index is 0.702. The number of anilines is 1. The Morgan fingerprint density at radius 3 is 2.87 bits per heavy atom. The predicted molar refractivity (Wildman–Crippen MR) is 60.3 cm³/mol. The van der Waals surface area contributed by atoms with Gasteiger partial charge in [0.2, 0.25) is 0 Å². The van der Waals surface area contributed by atoms with Crippen LogP contribution < -0.4 is 5.73 Å². The van der Waals surface area contributed by atoms with Crippen molar-refractivity contribution in [2.75, 3.05) is 5.73 Å². The van der Waals surface area contributed by atoms with Crippen LogP contribution in [0.1, 0.15) is 12.5 Å². The maximum Gasteiger partial charge on any atom is 0.131 e. The number of hydrogen-bond donors (Lipinski definition) is 1. The molecular weight excluding hydrogens is 188 g/mol. The lowest BCUT2D eigenvalue weighted by atomic mass is 10.1. The molecule has 0 fully saturated rings. The molecular formula is C11H14N4. The highest BCUT2D eigenvalue weighted by Gasteiger charge is 2.10. The predicted octanol–water partition coefficient (Wildman–Crippen LogP) is 1.86. The summed E-state index contributed by atoms with van der Waals surface area (Å²) in [6.07, 6.45) is 5.33. The van der Waals surface area contributed by atoms with Gasteiger partial charge in [-0.3, -0.25) is 4.98 Å². The Morgan fingerprint density at radius 1 is 1.47 bits per heavy atom. The third-order valence-electron chi connectivity index (χ3n) is 2.51. The molecule has 0 unspecified atom stereocenters. The Labute approximate surface area is 88.8 Å². The first-order valence-electron chi connectivity index (χ1n) is 4.95. The van der Waals surface area contributed by atoms with E-state index in [4.69, 9.17) is 5.73 Å². The summed E-state index contributed by atoms with van der Waals surface area (Å²) < 4.78 is 1.92. The molecule has 0 radical (unpaired) electrons. The van der Waals surface area contributed by atoms with Crippen molar-refractivity contribution in [1.82, 2.24) is 14.5 Å². The molecule has 0 saturated carbocycles. The number of nitrogen functional groups attached to an aromatic ring is 1. The summed E-state index contributed by atoms with van der Waals surface area (Å²) >= 11 is 0. The molecule has 15 heavy (non-hydrogen) atoms. The average molecular weight is 202 g/mol. The Hall–Kier alpha value is -1.84. The highest BCUT2D eigenvalue weighted by atomic mass is 15.1. The number of nitrogens with two attached hydrogens (primary N) is 1. The van der Waals surface area contributed by atoms with Crippen molar-refractivity contribution < 1.29 is 0 Å². The van der Waals surface area contributed by atoms with E-state index >= 15 is 0 Å². The number of aromatic nitrogens is 3. The van der Waals surface area contributed by atoms with Crippen molar-refractivity contribution in [1.29, 1.82) is 0 Å². The van der Waals surface area contributed by atoms with Gasteiger partial charge < -0.3 is 10.3 Å². The van der Waals surface area contributed by atoms with Crippen LogP contribution in [0.4, 0.5) is 5.82 Å². The summed E-state index contributed by atoms with van der Waals surface area (Å²) in [4.78, 5) is 8.41. The topological polar surface area (TPSA) is 56.7 Å². The zero-order valence-corrected chi connectivity index (χ0v) is 8.94. The first-order chi connectivity index (χ1) is 7.24. The SMILES string of the molecule is CCn1cnc(-c2cnccc2C)c1N. The van der Waals surface area contributed by atoms with Crippen LogP contribution in [0.25, 0.3) is 11.3 Å². The molecule has 4 heteroatoms. The highest BCUT2D eigenvalue weighted by molar-refractivity contribution is 5.72. The first-order valence-corrected chi connectivity index (χ1v) is 4.95. The number of aryl methyl sites for hydroxylation is 2. The highest BCUT2D eigenvalue weighted by Crippen LogP contribution is 2.25. The van der Waals surface area contributed by atoms with Crippen LogP contribution in [-0.4, -0.2) is 14.5 Å². The second kappa shape index (κ2) is 3.73. The van der Waals surface area contributed by atoms with Crippen LogP contribution in [0.3, 0.4) is 0 Å². The van der Waals surface area contributed by atoms with Gasteiger partial charge >= 0.3 is 0 Å². The van der Waals surface area contributed by atoms with Gasteiger partial charge in [-0.05, 0) is 25.5 Å². The van der Waals surface area contributed by atoms with Gasteiger partial charge in [0, 0.05) is 24.5 Å². The largest absolute Gasteiger partial charge is 0.383 e. The second-order valence-electron chi connectivity index (χ2n) is 3.46. The molecule has 0 spiro atoms. The second-order valence-corrected chi connectivity index (χ2v) is 3.46. The number of pyridine rings is 1. The zero-order chi connectivity index (χ0) is 10.8. The summed E-state index contributed by atoms with van der Waals surface area (Å²) in [5.74, 6) is 0.702. The molecule has 0 aromatic carbocycles. The molecule has 2 aromatic heterocycles. The third kappa shape index (κ3) is 1.58. The summed E-state index contributed by atoms with van der Waals surface area (Å²) in [5, 5.41) is 0. The van der Waals surface area contributed by atoms with Crippen LogP contribution >= 0.6 is 0 Å². The van der Waals surface area contributed by atoms with Gasteiger partial charge in [0.15, 0.2) is 0 Å². The standard InChI is InChI=1S/C11H14N4/c1-3-15-7-14-10(11(15)12)9-6-13-5-4-8(9)2/h4-7H,3,12H2,1-2H3. The summed E-state index contributed by atoms with van der Waals surface area (Å²) in [6.45, 7) is 4.90. The van der Waals surface area contributed by atoms with Gasteiger partial charge in [0.05, 0.1) is 6.33 Å². The zero-order valence-electron chi connectivity index (χ0n) is 8.94. The molecule has 0 aliphatic heterocycles. The quantitative estimate of drug-likeness (QED) is 0.808. The van der Waals surface area contributed by atoms with E-state index in [1.807, 2.05) is 24.5 Å². The number of hydrogen-bond acceptors (Lipinski definition) is 3. The lowest BCUT2D eigenvalue weighted by molar-refractivity contribution is 0.771. The van der Waals surface area contributed by atoms with Crippen LogP contribution in [0.15, 0.2) is 24.8 Å². The van der Waals surface area contributed by atoms with E-state index in [0.29, 0.717) is 5.82 Å². The van der Waals surface area contributed by atoms with Crippen molar-refractivity contribution in [3.05, 3.63) is 30.4 Å². The van der Waals surface area contributed by atoms with E-state index in [2.05, 4.69) is 9.97 Å². The fourth-order valence-corrected chi connectivity index (χ4v) is 1.56. The Morgan fingerprint density at radius 2 is 2.27 bits per heavy atom. The van der Waals surface area contributed by atoms with Gasteiger partial charge in [-0.15, -0.1) is 0 Å². The summed E-state index contributed by atoms with van der Waals surface area (Å²) in [6, 6.07) is 1.96. The van der Waals surface area contributed by atoms with Gasteiger partial charge in [-0.2, -0.15) is 0 Å². The third-order valence-corrected chi connectivity index (χ3v) is 2.51. The average Bonchev–Trinajstić information content (AvgIpc) is 2.60.